The number of rotatable bonds is 4. The summed E-state index contributed by atoms with van der Waals surface area (Å²) < 4.78 is 52.8. The first-order chi connectivity index (χ1) is 12.4. The second-order valence-corrected chi connectivity index (χ2v) is 8.74. The van der Waals surface area contributed by atoms with E-state index in [4.69, 9.17) is 0 Å². The number of amides is 1. The Morgan fingerprint density at radius 2 is 1.85 bits per heavy atom. The summed E-state index contributed by atoms with van der Waals surface area (Å²) in [7, 11) is -3.89. The highest BCUT2D eigenvalue weighted by atomic mass is 35.5. The van der Waals surface area contributed by atoms with Crippen LogP contribution in [0.15, 0.2) is 23.1 Å². The number of nitrogens with zero attached hydrogens (tertiary/aromatic N) is 1. The van der Waals surface area contributed by atoms with Gasteiger partial charge in [0.2, 0.25) is 15.9 Å². The highest BCUT2D eigenvalue weighted by Gasteiger charge is 2.33. The number of hydrogen-bond acceptors (Lipinski definition) is 4. The van der Waals surface area contributed by atoms with E-state index in [1.807, 2.05) is 0 Å². The molecule has 6 nitrogen and oxygen atoms in total. The first kappa shape index (κ1) is 22.0. The Labute approximate surface area is 164 Å². The molecule has 2 fully saturated rings. The number of sulfonamides is 1. The highest BCUT2D eigenvalue weighted by molar-refractivity contribution is 7.89. The van der Waals surface area contributed by atoms with Crippen molar-refractivity contribution in [1.82, 2.24) is 14.9 Å². The minimum atomic E-state index is -3.89. The zero-order valence-electron chi connectivity index (χ0n) is 14.8. The van der Waals surface area contributed by atoms with Crippen LogP contribution >= 0.6 is 12.4 Å². The molecule has 1 atom stereocenters. The van der Waals surface area contributed by atoms with Crippen molar-refractivity contribution in [2.45, 2.75) is 36.6 Å². The number of halogens is 3. The normalized spacial score (nSPS) is 22.1. The van der Waals surface area contributed by atoms with E-state index in [0.29, 0.717) is 18.9 Å². The van der Waals surface area contributed by atoms with Crippen molar-refractivity contribution >= 4 is 28.3 Å². The Bertz CT molecular complexity index is 765. The maximum absolute atomic E-state index is 13.4. The van der Waals surface area contributed by atoms with E-state index in [1.165, 1.54) is 4.31 Å². The SMILES string of the molecule is Cl.O=C(N[C@H]1CCCNC1)C1CCN(S(=O)(=O)c2ccc(F)c(F)c2)CC1. The summed E-state index contributed by atoms with van der Waals surface area (Å²) in [5.74, 6) is -2.55. The summed E-state index contributed by atoms with van der Waals surface area (Å²) in [4.78, 5) is 12.1. The third-order valence-corrected chi connectivity index (χ3v) is 6.89. The molecule has 0 spiro atoms. The fourth-order valence-corrected chi connectivity index (χ4v) is 4.92. The third kappa shape index (κ3) is 5.16. The molecule has 152 valence electrons. The molecule has 2 heterocycles. The van der Waals surface area contributed by atoms with E-state index in [1.54, 1.807) is 0 Å². The van der Waals surface area contributed by atoms with Crippen molar-refractivity contribution in [2.24, 2.45) is 5.92 Å². The molecule has 2 N–H and O–H groups in total. The van der Waals surface area contributed by atoms with Crippen LogP contribution in [-0.2, 0) is 14.8 Å². The second-order valence-electron chi connectivity index (χ2n) is 6.81. The van der Waals surface area contributed by atoms with Gasteiger partial charge in [-0.25, -0.2) is 17.2 Å². The van der Waals surface area contributed by atoms with Crippen molar-refractivity contribution in [2.75, 3.05) is 26.2 Å². The minimum absolute atomic E-state index is 0. The Morgan fingerprint density at radius 1 is 1.15 bits per heavy atom. The van der Waals surface area contributed by atoms with Crippen LogP contribution in [0.2, 0.25) is 0 Å². The maximum Gasteiger partial charge on any atom is 0.243 e. The molecule has 0 aromatic heterocycles. The molecule has 2 aliphatic heterocycles. The van der Waals surface area contributed by atoms with Crippen molar-refractivity contribution in [3.8, 4) is 0 Å². The molecule has 0 saturated carbocycles. The Balaban J connectivity index is 0.00000261. The van der Waals surface area contributed by atoms with Crippen LogP contribution in [0.1, 0.15) is 25.7 Å². The summed E-state index contributed by atoms with van der Waals surface area (Å²) in [6.45, 7) is 2.09. The molecule has 0 aliphatic carbocycles. The number of carbonyl (C=O) groups is 1. The second kappa shape index (κ2) is 9.27. The zero-order valence-corrected chi connectivity index (χ0v) is 16.4. The molecule has 1 aromatic carbocycles. The lowest BCUT2D eigenvalue weighted by Gasteiger charge is -2.32. The number of carbonyl (C=O) groups excluding carboxylic acids is 1. The standard InChI is InChI=1S/C17H23F2N3O3S.ClH/c18-15-4-3-14(10-16(15)19)26(24,25)22-8-5-12(6-9-22)17(23)21-13-2-1-7-20-11-13;/h3-4,10,12-13,20H,1-2,5-9,11H2,(H,21,23);1H/t13-;/m0./s1. The molecule has 10 heteroatoms. The fraction of sp³-hybridized carbons (Fsp3) is 0.588. The van der Waals surface area contributed by atoms with Gasteiger partial charge in [-0.05, 0) is 50.4 Å². The molecule has 1 aromatic rings. The Morgan fingerprint density at radius 3 is 2.44 bits per heavy atom. The van der Waals surface area contributed by atoms with Gasteiger partial charge < -0.3 is 10.6 Å². The molecule has 0 unspecified atom stereocenters. The highest BCUT2D eigenvalue weighted by Crippen LogP contribution is 2.25. The first-order valence-electron chi connectivity index (χ1n) is 8.84. The lowest BCUT2D eigenvalue weighted by Crippen LogP contribution is -2.49. The van der Waals surface area contributed by atoms with Crippen LogP contribution in [0.4, 0.5) is 8.78 Å². The lowest BCUT2D eigenvalue weighted by molar-refractivity contribution is -0.126. The summed E-state index contributed by atoms with van der Waals surface area (Å²) in [6, 6.07) is 2.68. The van der Waals surface area contributed by atoms with E-state index >= 15 is 0 Å². The van der Waals surface area contributed by atoms with Gasteiger partial charge in [-0.3, -0.25) is 4.79 Å². The van der Waals surface area contributed by atoms with Gasteiger partial charge >= 0.3 is 0 Å². The van der Waals surface area contributed by atoms with Crippen LogP contribution < -0.4 is 10.6 Å². The van der Waals surface area contributed by atoms with Crippen LogP contribution in [0, 0.1) is 17.6 Å². The lowest BCUT2D eigenvalue weighted by atomic mass is 9.96. The third-order valence-electron chi connectivity index (χ3n) is 5.00. The molecule has 0 radical (unpaired) electrons. The fourth-order valence-electron chi connectivity index (χ4n) is 3.44. The van der Waals surface area contributed by atoms with Gasteiger partial charge in [0.1, 0.15) is 0 Å². The van der Waals surface area contributed by atoms with Gasteiger partial charge in [0.25, 0.3) is 0 Å². The van der Waals surface area contributed by atoms with E-state index < -0.39 is 21.7 Å². The predicted octanol–water partition coefficient (Wildman–Crippen LogP) is 1.66. The van der Waals surface area contributed by atoms with Gasteiger partial charge in [-0.15, -0.1) is 12.4 Å². The summed E-state index contributed by atoms with van der Waals surface area (Å²) in [5, 5.41) is 6.26. The van der Waals surface area contributed by atoms with Crippen molar-refractivity contribution in [1.29, 1.82) is 0 Å². The average molecular weight is 424 g/mol. The van der Waals surface area contributed by atoms with Crippen molar-refractivity contribution in [3.05, 3.63) is 29.8 Å². The number of nitrogens with one attached hydrogen (secondary N) is 2. The van der Waals surface area contributed by atoms with Crippen LogP contribution in [-0.4, -0.2) is 50.9 Å². The van der Waals surface area contributed by atoms with Crippen LogP contribution in [0.5, 0.6) is 0 Å². The van der Waals surface area contributed by atoms with E-state index in [2.05, 4.69) is 10.6 Å². The predicted molar refractivity (Wildman–Crippen MR) is 99.1 cm³/mol. The van der Waals surface area contributed by atoms with Crippen molar-refractivity contribution in [3.63, 3.8) is 0 Å². The average Bonchev–Trinajstić information content (AvgIpc) is 2.65. The van der Waals surface area contributed by atoms with Gasteiger partial charge in [-0.2, -0.15) is 4.31 Å². The van der Waals surface area contributed by atoms with Gasteiger partial charge in [0.05, 0.1) is 4.90 Å². The summed E-state index contributed by atoms with van der Waals surface area (Å²) in [5.41, 5.74) is 0. The molecule has 0 bridgehead atoms. The number of hydrogen-bond donors (Lipinski definition) is 2. The molecule has 3 rings (SSSR count). The van der Waals surface area contributed by atoms with E-state index in [0.717, 1.165) is 38.1 Å². The number of benzene rings is 1. The minimum Gasteiger partial charge on any atom is -0.352 e. The summed E-state index contributed by atoms with van der Waals surface area (Å²) >= 11 is 0. The molecule has 2 aliphatic rings. The van der Waals surface area contributed by atoms with Crippen LogP contribution in [0.3, 0.4) is 0 Å². The quantitative estimate of drug-likeness (QED) is 0.772. The molecule has 1 amide bonds. The van der Waals surface area contributed by atoms with E-state index in [-0.39, 0.29) is 48.3 Å². The molecule has 2 saturated heterocycles. The Kier molecular flexibility index (Phi) is 7.55. The molecular weight excluding hydrogens is 400 g/mol. The van der Waals surface area contributed by atoms with Gasteiger partial charge in [0.15, 0.2) is 11.6 Å². The summed E-state index contributed by atoms with van der Waals surface area (Å²) in [6.07, 6.45) is 2.79. The monoisotopic (exact) mass is 423 g/mol. The smallest absolute Gasteiger partial charge is 0.243 e. The first-order valence-corrected chi connectivity index (χ1v) is 10.3. The molecular formula is C17H24ClF2N3O3S. The Hall–Kier alpha value is -1.29. The van der Waals surface area contributed by atoms with Crippen LogP contribution in [0.25, 0.3) is 0 Å². The van der Waals surface area contributed by atoms with Gasteiger partial charge in [0, 0.05) is 31.6 Å². The largest absolute Gasteiger partial charge is 0.352 e. The van der Waals surface area contributed by atoms with Gasteiger partial charge in [-0.1, -0.05) is 0 Å². The van der Waals surface area contributed by atoms with E-state index in [9.17, 15) is 22.0 Å². The maximum atomic E-state index is 13.4. The number of piperidine rings is 2. The zero-order chi connectivity index (χ0) is 18.7. The van der Waals surface area contributed by atoms with Crippen molar-refractivity contribution < 1.29 is 22.0 Å². The topological polar surface area (TPSA) is 78.5 Å². The molecule has 27 heavy (non-hydrogen) atoms.